The van der Waals surface area contributed by atoms with Crippen molar-refractivity contribution in [1.82, 2.24) is 0 Å². The molecule has 2 N–H and O–H groups in total. The van der Waals surface area contributed by atoms with Gasteiger partial charge in [-0.25, -0.2) is 4.39 Å². The number of phenols is 1. The number of benzene rings is 2. The second kappa shape index (κ2) is 5.97. The molecule has 5 nitrogen and oxygen atoms in total. The van der Waals surface area contributed by atoms with Gasteiger partial charge in [-0.2, -0.15) is 0 Å². The Labute approximate surface area is 125 Å². The van der Waals surface area contributed by atoms with Crippen LogP contribution < -0.4 is 5.32 Å². The zero-order valence-electron chi connectivity index (χ0n) is 11.0. The van der Waals surface area contributed by atoms with E-state index in [1.807, 2.05) is 0 Å². The highest BCUT2D eigenvalue weighted by molar-refractivity contribution is 6.33. The van der Waals surface area contributed by atoms with Crippen molar-refractivity contribution in [2.24, 2.45) is 0 Å². The Bertz CT molecular complexity index is 694. The number of phenolic OH excluding ortho intramolecular Hbond substituents is 1. The fourth-order valence-electron chi connectivity index (χ4n) is 1.93. The van der Waals surface area contributed by atoms with Crippen LogP contribution in [0, 0.1) is 15.9 Å². The lowest BCUT2D eigenvalue weighted by molar-refractivity contribution is -0.384. The second-order valence-electron chi connectivity index (χ2n) is 4.49. The molecule has 0 heterocycles. The van der Waals surface area contributed by atoms with Crippen LogP contribution in [0.1, 0.15) is 18.5 Å². The molecule has 7 heteroatoms. The van der Waals surface area contributed by atoms with Crippen molar-refractivity contribution in [2.45, 2.75) is 13.0 Å². The standard InChI is InChI=1S/C14H12ClFN2O3/c1-8(11-4-2-9(16)6-14(11)19)17-13-5-3-10(18(20)21)7-12(13)15/h2-8,17,19H,1H3. The largest absolute Gasteiger partial charge is 0.507 e. The van der Waals surface area contributed by atoms with Crippen LogP contribution in [0.15, 0.2) is 36.4 Å². The lowest BCUT2D eigenvalue weighted by atomic mass is 10.1. The number of nitro benzene ring substituents is 1. The van der Waals surface area contributed by atoms with E-state index in [0.717, 1.165) is 6.07 Å². The first-order chi connectivity index (χ1) is 9.88. The summed E-state index contributed by atoms with van der Waals surface area (Å²) in [5, 5.41) is 23.6. The van der Waals surface area contributed by atoms with E-state index in [0.29, 0.717) is 11.3 Å². The summed E-state index contributed by atoms with van der Waals surface area (Å²) in [6.07, 6.45) is 0. The average Bonchev–Trinajstić information content (AvgIpc) is 2.40. The summed E-state index contributed by atoms with van der Waals surface area (Å²) >= 11 is 5.98. The second-order valence-corrected chi connectivity index (χ2v) is 4.90. The van der Waals surface area contributed by atoms with Gasteiger partial charge in [0.2, 0.25) is 0 Å². The van der Waals surface area contributed by atoms with Gasteiger partial charge < -0.3 is 10.4 Å². The maximum atomic E-state index is 13.0. The summed E-state index contributed by atoms with van der Waals surface area (Å²) in [4.78, 5) is 10.1. The number of hydrogen-bond acceptors (Lipinski definition) is 4. The number of aromatic hydroxyl groups is 1. The maximum absolute atomic E-state index is 13.0. The zero-order valence-corrected chi connectivity index (χ0v) is 11.8. The molecule has 0 spiro atoms. The molecular weight excluding hydrogens is 299 g/mol. The van der Waals surface area contributed by atoms with Gasteiger partial charge in [0, 0.05) is 23.8 Å². The molecule has 0 saturated heterocycles. The minimum atomic E-state index is -0.537. The van der Waals surface area contributed by atoms with Crippen LogP contribution in [0.4, 0.5) is 15.8 Å². The molecule has 0 aliphatic rings. The summed E-state index contributed by atoms with van der Waals surface area (Å²) in [5.41, 5.74) is 0.868. The number of nitrogens with one attached hydrogen (secondary N) is 1. The number of nitro groups is 1. The highest BCUT2D eigenvalue weighted by atomic mass is 35.5. The SMILES string of the molecule is CC(Nc1ccc([N+](=O)[O-])cc1Cl)c1ccc(F)cc1O. The molecule has 0 aliphatic heterocycles. The molecule has 0 saturated carbocycles. The monoisotopic (exact) mass is 310 g/mol. The lowest BCUT2D eigenvalue weighted by Crippen LogP contribution is -2.07. The summed E-state index contributed by atoms with van der Waals surface area (Å²) in [5.74, 6) is -0.704. The fourth-order valence-corrected chi connectivity index (χ4v) is 2.16. The van der Waals surface area contributed by atoms with E-state index in [2.05, 4.69) is 5.32 Å². The number of hydrogen-bond donors (Lipinski definition) is 2. The molecule has 0 radical (unpaired) electrons. The van der Waals surface area contributed by atoms with Gasteiger partial charge in [-0.1, -0.05) is 17.7 Å². The van der Waals surface area contributed by atoms with Crippen LogP contribution in [0.5, 0.6) is 5.75 Å². The van der Waals surface area contributed by atoms with Gasteiger partial charge in [-0.15, -0.1) is 0 Å². The van der Waals surface area contributed by atoms with Crippen molar-refractivity contribution in [3.05, 3.63) is 62.9 Å². The maximum Gasteiger partial charge on any atom is 0.271 e. The first-order valence-electron chi connectivity index (χ1n) is 6.07. The van der Waals surface area contributed by atoms with Crippen molar-refractivity contribution in [3.8, 4) is 5.75 Å². The average molecular weight is 311 g/mol. The zero-order chi connectivity index (χ0) is 15.6. The Morgan fingerprint density at radius 3 is 2.62 bits per heavy atom. The molecule has 0 aliphatic carbocycles. The molecule has 0 bridgehead atoms. The van der Waals surface area contributed by atoms with Gasteiger partial charge in [-0.3, -0.25) is 10.1 Å². The quantitative estimate of drug-likeness (QED) is 0.653. The Morgan fingerprint density at radius 2 is 2.05 bits per heavy atom. The third-order valence-corrected chi connectivity index (χ3v) is 3.31. The third-order valence-electron chi connectivity index (χ3n) is 2.99. The van der Waals surface area contributed by atoms with Crippen molar-refractivity contribution in [3.63, 3.8) is 0 Å². The van der Waals surface area contributed by atoms with E-state index in [1.165, 1.54) is 30.3 Å². The predicted molar refractivity (Wildman–Crippen MR) is 78.2 cm³/mol. The lowest BCUT2D eigenvalue weighted by Gasteiger charge is -2.17. The van der Waals surface area contributed by atoms with Crippen molar-refractivity contribution < 1.29 is 14.4 Å². The molecule has 21 heavy (non-hydrogen) atoms. The number of rotatable bonds is 4. The Hall–Kier alpha value is -2.34. The highest BCUT2D eigenvalue weighted by Crippen LogP contribution is 2.32. The van der Waals surface area contributed by atoms with Crippen LogP contribution in [0.3, 0.4) is 0 Å². The number of anilines is 1. The molecule has 1 unspecified atom stereocenters. The van der Waals surface area contributed by atoms with Crippen molar-refractivity contribution in [2.75, 3.05) is 5.32 Å². The molecule has 0 amide bonds. The van der Waals surface area contributed by atoms with Crippen LogP contribution in [-0.4, -0.2) is 10.0 Å². The molecule has 110 valence electrons. The topological polar surface area (TPSA) is 75.4 Å². The van der Waals surface area contributed by atoms with E-state index < -0.39 is 10.7 Å². The third kappa shape index (κ3) is 3.41. The molecule has 1 atom stereocenters. The molecule has 2 aromatic carbocycles. The van der Waals surface area contributed by atoms with Crippen molar-refractivity contribution in [1.29, 1.82) is 0 Å². The van der Waals surface area contributed by atoms with E-state index in [4.69, 9.17) is 11.6 Å². The molecular formula is C14H12ClFN2O3. The van der Waals surface area contributed by atoms with E-state index in [9.17, 15) is 19.6 Å². The minimum absolute atomic E-state index is 0.108. The predicted octanol–water partition coefficient (Wildman–Crippen LogP) is 4.27. The molecule has 0 fully saturated rings. The summed E-state index contributed by atoms with van der Waals surface area (Å²) in [6.45, 7) is 1.75. The normalized spacial score (nSPS) is 12.0. The van der Waals surface area contributed by atoms with Gasteiger partial charge in [0.15, 0.2) is 0 Å². The van der Waals surface area contributed by atoms with Gasteiger partial charge in [0.05, 0.1) is 21.7 Å². The fraction of sp³-hybridized carbons (Fsp3) is 0.143. The van der Waals surface area contributed by atoms with Gasteiger partial charge in [0.1, 0.15) is 11.6 Å². The number of non-ortho nitro benzene ring substituents is 1. The van der Waals surface area contributed by atoms with Gasteiger partial charge in [0.25, 0.3) is 5.69 Å². The smallest absolute Gasteiger partial charge is 0.271 e. The summed E-state index contributed by atoms with van der Waals surface area (Å²) in [7, 11) is 0. The molecule has 2 rings (SSSR count). The minimum Gasteiger partial charge on any atom is -0.507 e. The first kappa shape index (κ1) is 15.1. The van der Waals surface area contributed by atoms with Gasteiger partial charge in [-0.05, 0) is 19.1 Å². The van der Waals surface area contributed by atoms with E-state index in [1.54, 1.807) is 6.92 Å². The molecule has 0 aromatic heterocycles. The Kier molecular flexibility index (Phi) is 4.28. The van der Waals surface area contributed by atoms with Crippen LogP contribution in [0.25, 0.3) is 0 Å². The van der Waals surface area contributed by atoms with Crippen molar-refractivity contribution >= 4 is 23.0 Å². The van der Waals surface area contributed by atoms with Gasteiger partial charge >= 0.3 is 0 Å². The summed E-state index contributed by atoms with van der Waals surface area (Å²) in [6, 6.07) is 7.41. The Morgan fingerprint density at radius 1 is 1.33 bits per heavy atom. The highest BCUT2D eigenvalue weighted by Gasteiger charge is 2.14. The van der Waals surface area contributed by atoms with Crippen LogP contribution in [0.2, 0.25) is 5.02 Å². The van der Waals surface area contributed by atoms with Crippen LogP contribution in [-0.2, 0) is 0 Å². The molecule has 2 aromatic rings. The Balaban J connectivity index is 2.23. The van der Waals surface area contributed by atoms with E-state index >= 15 is 0 Å². The van der Waals surface area contributed by atoms with Crippen LogP contribution >= 0.6 is 11.6 Å². The number of halogens is 2. The number of nitrogens with zero attached hydrogens (tertiary/aromatic N) is 1. The first-order valence-corrected chi connectivity index (χ1v) is 6.45. The summed E-state index contributed by atoms with van der Waals surface area (Å²) < 4.78 is 13.0. The van der Waals surface area contributed by atoms with E-state index in [-0.39, 0.29) is 22.5 Å².